The van der Waals surface area contributed by atoms with Gasteiger partial charge in [0, 0.05) is 19.3 Å². The molecule has 0 N–H and O–H groups in total. The van der Waals surface area contributed by atoms with Crippen LogP contribution in [0.15, 0.2) is 12.5 Å². The molecule has 1 aromatic heterocycles. The lowest BCUT2D eigenvalue weighted by atomic mass is 10.3. The second-order valence-electron chi connectivity index (χ2n) is 2.97. The summed E-state index contributed by atoms with van der Waals surface area (Å²) in [5.41, 5.74) is 1.05. The van der Waals surface area contributed by atoms with Crippen molar-refractivity contribution < 1.29 is 9.53 Å². The van der Waals surface area contributed by atoms with Crippen LogP contribution in [0.25, 0.3) is 0 Å². The van der Waals surface area contributed by atoms with Crippen molar-refractivity contribution >= 4 is 6.09 Å². The van der Waals surface area contributed by atoms with Crippen LogP contribution in [0.3, 0.4) is 0 Å². The van der Waals surface area contributed by atoms with Crippen molar-refractivity contribution in [3.63, 3.8) is 0 Å². The summed E-state index contributed by atoms with van der Waals surface area (Å²) >= 11 is 0. The van der Waals surface area contributed by atoms with Crippen molar-refractivity contribution in [2.24, 2.45) is 0 Å². The summed E-state index contributed by atoms with van der Waals surface area (Å²) in [6, 6.07) is 0. The molecule has 1 amide bonds. The van der Waals surface area contributed by atoms with Gasteiger partial charge in [-0.15, -0.1) is 0 Å². The Morgan fingerprint density at radius 3 is 3.23 bits per heavy atom. The van der Waals surface area contributed by atoms with Crippen LogP contribution < -0.4 is 0 Å². The second-order valence-corrected chi connectivity index (χ2v) is 2.97. The number of carbonyl (C=O) groups is 1. The van der Waals surface area contributed by atoms with Crippen LogP contribution in [0.2, 0.25) is 0 Å². The maximum Gasteiger partial charge on any atom is 0.409 e. The highest BCUT2D eigenvalue weighted by Gasteiger charge is 2.20. The smallest absolute Gasteiger partial charge is 0.409 e. The number of amides is 1. The van der Waals surface area contributed by atoms with Gasteiger partial charge in [-0.1, -0.05) is 0 Å². The minimum atomic E-state index is -0.271. The van der Waals surface area contributed by atoms with Crippen molar-refractivity contribution in [2.75, 3.05) is 13.7 Å². The number of hydrogen-bond acceptors (Lipinski definition) is 3. The van der Waals surface area contributed by atoms with Gasteiger partial charge in [0.15, 0.2) is 0 Å². The largest absolute Gasteiger partial charge is 0.453 e. The summed E-state index contributed by atoms with van der Waals surface area (Å²) < 4.78 is 6.68. The van der Waals surface area contributed by atoms with Crippen LogP contribution in [-0.2, 0) is 17.8 Å². The zero-order valence-corrected chi connectivity index (χ0v) is 7.43. The van der Waals surface area contributed by atoms with E-state index in [1.165, 1.54) is 7.11 Å². The van der Waals surface area contributed by atoms with Gasteiger partial charge in [0.1, 0.15) is 0 Å². The van der Waals surface area contributed by atoms with Gasteiger partial charge in [0.25, 0.3) is 0 Å². The van der Waals surface area contributed by atoms with E-state index in [0.717, 1.165) is 12.2 Å². The number of ether oxygens (including phenoxy) is 1. The van der Waals surface area contributed by atoms with E-state index in [1.54, 1.807) is 17.4 Å². The molecule has 0 aromatic carbocycles. The summed E-state index contributed by atoms with van der Waals surface area (Å²) in [7, 11) is 1.40. The van der Waals surface area contributed by atoms with Gasteiger partial charge in [0.2, 0.25) is 0 Å². The third kappa shape index (κ3) is 1.37. The highest BCUT2D eigenvalue weighted by Crippen LogP contribution is 2.11. The van der Waals surface area contributed by atoms with E-state index in [-0.39, 0.29) is 6.09 Å². The first-order chi connectivity index (χ1) is 6.31. The predicted octanol–water partition coefficient (Wildman–Crippen LogP) is 0.465. The first kappa shape index (κ1) is 8.10. The van der Waals surface area contributed by atoms with Crippen molar-refractivity contribution in [1.29, 1.82) is 0 Å². The number of methoxy groups -OCH3 is 1. The Kier molecular flexibility index (Phi) is 1.92. The summed E-state index contributed by atoms with van der Waals surface area (Å²) in [4.78, 5) is 16.8. The van der Waals surface area contributed by atoms with Crippen LogP contribution in [0.1, 0.15) is 5.69 Å². The van der Waals surface area contributed by atoms with Gasteiger partial charge in [-0.3, -0.25) is 0 Å². The molecule has 5 heteroatoms. The normalized spacial score (nSPS) is 15.3. The maximum atomic E-state index is 11.2. The molecule has 1 aliphatic rings. The monoisotopic (exact) mass is 181 g/mol. The molecule has 1 aromatic rings. The molecule has 0 fully saturated rings. The van der Waals surface area contributed by atoms with Gasteiger partial charge >= 0.3 is 6.09 Å². The van der Waals surface area contributed by atoms with E-state index in [0.29, 0.717) is 13.1 Å². The fraction of sp³-hybridized carbons (Fsp3) is 0.500. The zero-order chi connectivity index (χ0) is 9.26. The van der Waals surface area contributed by atoms with Crippen LogP contribution >= 0.6 is 0 Å². The summed E-state index contributed by atoms with van der Waals surface area (Å²) in [5, 5.41) is 0. The van der Waals surface area contributed by atoms with Gasteiger partial charge in [0.05, 0.1) is 25.7 Å². The quantitative estimate of drug-likeness (QED) is 0.584. The molecule has 13 heavy (non-hydrogen) atoms. The first-order valence-electron chi connectivity index (χ1n) is 4.13. The SMILES string of the molecule is COC(=O)N1CCn2cncc2C1. The Hall–Kier alpha value is -1.52. The molecule has 2 rings (SSSR count). The fourth-order valence-electron chi connectivity index (χ4n) is 1.47. The number of nitrogens with zero attached hydrogens (tertiary/aromatic N) is 3. The first-order valence-corrected chi connectivity index (χ1v) is 4.13. The molecule has 0 bridgehead atoms. The Labute approximate surface area is 75.9 Å². The lowest BCUT2D eigenvalue weighted by Gasteiger charge is -2.26. The van der Waals surface area contributed by atoms with E-state index in [1.807, 2.05) is 4.57 Å². The molecule has 0 atom stereocenters. The van der Waals surface area contributed by atoms with Crippen LogP contribution in [-0.4, -0.2) is 34.2 Å². The van der Waals surface area contributed by atoms with E-state index in [9.17, 15) is 4.79 Å². The fourth-order valence-corrected chi connectivity index (χ4v) is 1.47. The third-order valence-corrected chi connectivity index (χ3v) is 2.20. The third-order valence-electron chi connectivity index (χ3n) is 2.20. The summed E-state index contributed by atoms with van der Waals surface area (Å²) in [5.74, 6) is 0. The number of rotatable bonds is 0. The molecule has 0 unspecified atom stereocenters. The van der Waals surface area contributed by atoms with E-state index in [4.69, 9.17) is 0 Å². The molecule has 0 saturated heterocycles. The molecule has 5 nitrogen and oxygen atoms in total. The number of hydrogen-bond donors (Lipinski definition) is 0. The molecule has 0 aliphatic carbocycles. The highest BCUT2D eigenvalue weighted by molar-refractivity contribution is 5.67. The topological polar surface area (TPSA) is 47.4 Å². The average molecular weight is 181 g/mol. The van der Waals surface area contributed by atoms with Crippen LogP contribution in [0.5, 0.6) is 0 Å². The average Bonchev–Trinajstić information content (AvgIpc) is 2.63. The van der Waals surface area contributed by atoms with Gasteiger partial charge < -0.3 is 14.2 Å². The molecular formula is C8H11N3O2. The number of aromatic nitrogens is 2. The molecule has 0 spiro atoms. The number of carbonyl (C=O) groups excluding carboxylic acids is 1. The highest BCUT2D eigenvalue weighted by atomic mass is 16.5. The Morgan fingerprint density at radius 2 is 2.46 bits per heavy atom. The Morgan fingerprint density at radius 1 is 1.62 bits per heavy atom. The second kappa shape index (κ2) is 3.08. The zero-order valence-electron chi connectivity index (χ0n) is 7.43. The molecule has 70 valence electrons. The predicted molar refractivity (Wildman–Crippen MR) is 45.0 cm³/mol. The lowest BCUT2D eigenvalue weighted by molar-refractivity contribution is 0.112. The summed E-state index contributed by atoms with van der Waals surface area (Å²) in [6.45, 7) is 2.08. The van der Waals surface area contributed by atoms with Gasteiger partial charge in [-0.05, 0) is 0 Å². The van der Waals surface area contributed by atoms with Gasteiger partial charge in [-0.2, -0.15) is 0 Å². The van der Waals surface area contributed by atoms with E-state index in [2.05, 4.69) is 9.72 Å². The molecule has 1 aliphatic heterocycles. The van der Waals surface area contributed by atoms with Crippen molar-refractivity contribution in [3.05, 3.63) is 18.2 Å². The van der Waals surface area contributed by atoms with Crippen LogP contribution in [0.4, 0.5) is 4.79 Å². The van der Waals surface area contributed by atoms with E-state index >= 15 is 0 Å². The standard InChI is InChI=1S/C8H11N3O2/c1-13-8(12)10-2-3-11-6-9-4-7(11)5-10/h4,6H,2-3,5H2,1H3. The molecule has 2 heterocycles. The molecule has 0 saturated carbocycles. The molecule has 0 radical (unpaired) electrons. The summed E-state index contributed by atoms with van der Waals surface area (Å²) in [6.07, 6.45) is 3.28. The van der Waals surface area contributed by atoms with Crippen molar-refractivity contribution in [1.82, 2.24) is 14.5 Å². The lowest BCUT2D eigenvalue weighted by Crippen LogP contribution is -2.37. The van der Waals surface area contributed by atoms with Crippen molar-refractivity contribution in [3.8, 4) is 0 Å². The van der Waals surface area contributed by atoms with Gasteiger partial charge in [-0.25, -0.2) is 9.78 Å². The minimum absolute atomic E-state index is 0.271. The van der Waals surface area contributed by atoms with Crippen molar-refractivity contribution in [2.45, 2.75) is 13.1 Å². The molecular weight excluding hydrogens is 170 g/mol. The maximum absolute atomic E-state index is 11.2. The number of fused-ring (bicyclic) bond motifs is 1. The minimum Gasteiger partial charge on any atom is -0.453 e. The van der Waals surface area contributed by atoms with E-state index < -0.39 is 0 Å². The Bertz CT molecular complexity index is 321. The number of imidazole rings is 1. The Balaban J connectivity index is 2.13. The van der Waals surface area contributed by atoms with Crippen LogP contribution in [0, 0.1) is 0 Å².